The second kappa shape index (κ2) is 10.7. The first-order valence-corrected chi connectivity index (χ1v) is 12.1. The highest BCUT2D eigenvalue weighted by Crippen LogP contribution is 2.43. The van der Waals surface area contributed by atoms with Crippen LogP contribution in [0.2, 0.25) is 5.02 Å². The highest BCUT2D eigenvalue weighted by atomic mass is 35.5. The molecule has 182 valence electrons. The van der Waals surface area contributed by atoms with Gasteiger partial charge >= 0.3 is 5.97 Å². The van der Waals surface area contributed by atoms with Gasteiger partial charge in [0.2, 0.25) is 0 Å². The van der Waals surface area contributed by atoms with E-state index in [1.54, 1.807) is 37.3 Å². The third kappa shape index (κ3) is 5.00. The van der Waals surface area contributed by atoms with Crippen LogP contribution in [-0.4, -0.2) is 34.4 Å². The zero-order valence-corrected chi connectivity index (χ0v) is 20.8. The first-order chi connectivity index (χ1) is 17.3. The van der Waals surface area contributed by atoms with Crippen molar-refractivity contribution in [2.75, 3.05) is 11.5 Å². The second-order valence-corrected chi connectivity index (χ2v) is 9.21. The summed E-state index contributed by atoms with van der Waals surface area (Å²) in [7, 11) is 0. The van der Waals surface area contributed by atoms with Gasteiger partial charge in [0.05, 0.1) is 17.3 Å². The number of amides is 1. The number of aryl methyl sites for hydroxylation is 1. The van der Waals surface area contributed by atoms with Crippen LogP contribution in [-0.2, 0) is 14.3 Å². The Labute approximate surface area is 216 Å². The SMILES string of the molecule is C=CCOC(=O)c1sc(N2C(=O)C(O)=C(C(=O)C=Cc3ccccc3)C2c2ccc(Cl)cc2)nc1C. The summed E-state index contributed by atoms with van der Waals surface area (Å²) in [5, 5.41) is 11.4. The second-order valence-electron chi connectivity index (χ2n) is 7.80. The molecule has 0 saturated heterocycles. The lowest BCUT2D eigenvalue weighted by molar-refractivity contribution is -0.117. The van der Waals surface area contributed by atoms with Gasteiger partial charge in [0.25, 0.3) is 5.91 Å². The first kappa shape index (κ1) is 25.1. The van der Waals surface area contributed by atoms with Crippen LogP contribution in [0.5, 0.6) is 0 Å². The number of benzene rings is 2. The molecule has 3 aromatic rings. The molecule has 1 unspecified atom stereocenters. The zero-order valence-electron chi connectivity index (χ0n) is 19.2. The van der Waals surface area contributed by atoms with Gasteiger partial charge in [-0.05, 0) is 36.3 Å². The molecular weight excluding hydrogens is 500 g/mol. The van der Waals surface area contributed by atoms with Crippen molar-refractivity contribution in [3.63, 3.8) is 0 Å². The number of aliphatic hydroxyl groups excluding tert-OH is 1. The van der Waals surface area contributed by atoms with Gasteiger partial charge in [-0.1, -0.05) is 84.1 Å². The van der Waals surface area contributed by atoms with E-state index >= 15 is 0 Å². The predicted molar refractivity (Wildman–Crippen MR) is 139 cm³/mol. The minimum absolute atomic E-state index is 0.0241. The summed E-state index contributed by atoms with van der Waals surface area (Å²) in [5.41, 5.74) is 1.58. The maximum atomic E-state index is 13.3. The monoisotopic (exact) mass is 520 g/mol. The molecule has 1 aliphatic rings. The largest absolute Gasteiger partial charge is 0.503 e. The smallest absolute Gasteiger partial charge is 0.350 e. The molecule has 0 fully saturated rings. The number of carbonyl (C=O) groups is 3. The molecule has 1 N–H and O–H groups in total. The Morgan fingerprint density at radius 2 is 1.89 bits per heavy atom. The van der Waals surface area contributed by atoms with Crippen LogP contribution in [0.4, 0.5) is 5.13 Å². The number of carbonyl (C=O) groups excluding carboxylic acids is 3. The number of rotatable bonds is 8. The molecule has 2 heterocycles. The van der Waals surface area contributed by atoms with Crippen LogP contribution in [0.25, 0.3) is 6.08 Å². The summed E-state index contributed by atoms with van der Waals surface area (Å²) in [6, 6.07) is 14.8. The van der Waals surface area contributed by atoms with Crippen molar-refractivity contribution >= 4 is 51.8 Å². The first-order valence-electron chi connectivity index (χ1n) is 10.9. The van der Waals surface area contributed by atoms with Crippen LogP contribution in [0, 0.1) is 6.92 Å². The Morgan fingerprint density at radius 3 is 2.56 bits per heavy atom. The van der Waals surface area contributed by atoms with Gasteiger partial charge in [-0.2, -0.15) is 0 Å². The molecule has 1 aromatic heterocycles. The quantitative estimate of drug-likeness (QED) is 0.235. The summed E-state index contributed by atoms with van der Waals surface area (Å²) in [5.74, 6) is -2.62. The maximum absolute atomic E-state index is 13.3. The van der Waals surface area contributed by atoms with Crippen LogP contribution >= 0.6 is 22.9 Å². The van der Waals surface area contributed by atoms with Gasteiger partial charge in [0.1, 0.15) is 11.5 Å². The van der Waals surface area contributed by atoms with Crippen molar-refractivity contribution in [3.05, 3.63) is 111 Å². The third-order valence-corrected chi connectivity index (χ3v) is 6.78. The zero-order chi connectivity index (χ0) is 25.8. The number of allylic oxidation sites excluding steroid dienone is 1. The van der Waals surface area contributed by atoms with Gasteiger partial charge < -0.3 is 9.84 Å². The molecule has 7 nitrogen and oxygen atoms in total. The van der Waals surface area contributed by atoms with Gasteiger partial charge in [-0.3, -0.25) is 14.5 Å². The number of nitrogens with zero attached hydrogens (tertiary/aromatic N) is 2. The fraction of sp³-hybridized carbons (Fsp3) is 0.111. The normalized spacial score (nSPS) is 15.6. The van der Waals surface area contributed by atoms with E-state index in [1.807, 2.05) is 30.3 Å². The molecule has 1 aliphatic heterocycles. The average molecular weight is 521 g/mol. The number of thiazole rings is 1. The molecule has 1 atom stereocenters. The standard InChI is InChI=1S/C27H21ClN2O5S/c1-3-15-35-26(34)24-16(2)29-27(36-24)30-22(18-10-12-19(28)13-11-18)21(23(32)25(30)33)20(31)14-9-17-7-5-4-6-8-17/h3-14,22,32H,1,15H2,2H3. The maximum Gasteiger partial charge on any atom is 0.350 e. The number of hydrogen-bond acceptors (Lipinski definition) is 7. The van der Waals surface area contributed by atoms with Crippen LogP contribution in [0.1, 0.15) is 32.5 Å². The molecule has 0 radical (unpaired) electrons. The van der Waals surface area contributed by atoms with E-state index in [-0.39, 0.29) is 22.2 Å². The molecule has 0 spiro atoms. The average Bonchev–Trinajstić information content (AvgIpc) is 3.39. The number of ketones is 1. The van der Waals surface area contributed by atoms with E-state index in [4.69, 9.17) is 16.3 Å². The summed E-state index contributed by atoms with van der Waals surface area (Å²) < 4.78 is 5.11. The number of hydrogen-bond donors (Lipinski definition) is 1. The molecule has 2 aromatic carbocycles. The van der Waals surface area contributed by atoms with Gasteiger partial charge in [0, 0.05) is 5.02 Å². The van der Waals surface area contributed by atoms with Gasteiger partial charge in [0.15, 0.2) is 16.7 Å². The lowest BCUT2D eigenvalue weighted by Gasteiger charge is -2.24. The summed E-state index contributed by atoms with van der Waals surface area (Å²) in [4.78, 5) is 44.8. The lowest BCUT2D eigenvalue weighted by atomic mass is 9.96. The summed E-state index contributed by atoms with van der Waals surface area (Å²) >= 11 is 7.00. The summed E-state index contributed by atoms with van der Waals surface area (Å²) in [6.45, 7) is 5.16. The number of halogens is 1. The lowest BCUT2D eigenvalue weighted by Crippen LogP contribution is -2.30. The Morgan fingerprint density at radius 1 is 1.19 bits per heavy atom. The van der Waals surface area contributed by atoms with Crippen LogP contribution in [0.15, 0.2) is 84.7 Å². The van der Waals surface area contributed by atoms with E-state index in [2.05, 4.69) is 11.6 Å². The van der Waals surface area contributed by atoms with Gasteiger partial charge in [-0.25, -0.2) is 9.78 Å². The Bertz CT molecular complexity index is 1390. The highest BCUT2D eigenvalue weighted by Gasteiger charge is 2.45. The van der Waals surface area contributed by atoms with Crippen molar-refractivity contribution in [3.8, 4) is 0 Å². The minimum Gasteiger partial charge on any atom is -0.503 e. The fourth-order valence-electron chi connectivity index (χ4n) is 3.72. The van der Waals surface area contributed by atoms with Crippen LogP contribution in [0.3, 0.4) is 0 Å². The van der Waals surface area contributed by atoms with Crippen molar-refractivity contribution in [1.82, 2.24) is 4.98 Å². The molecule has 9 heteroatoms. The number of esters is 1. The van der Waals surface area contributed by atoms with Crippen molar-refractivity contribution < 1.29 is 24.2 Å². The molecule has 36 heavy (non-hydrogen) atoms. The van der Waals surface area contributed by atoms with Crippen molar-refractivity contribution in [2.24, 2.45) is 0 Å². The molecule has 4 rings (SSSR count). The minimum atomic E-state index is -0.981. The molecule has 1 amide bonds. The molecule has 0 saturated carbocycles. The Hall–Kier alpha value is -4.01. The van der Waals surface area contributed by atoms with Gasteiger partial charge in [-0.15, -0.1) is 0 Å². The third-order valence-electron chi connectivity index (χ3n) is 5.40. The van der Waals surface area contributed by atoms with Crippen molar-refractivity contribution in [2.45, 2.75) is 13.0 Å². The topological polar surface area (TPSA) is 96.8 Å². The van der Waals surface area contributed by atoms with E-state index < -0.39 is 29.5 Å². The van der Waals surface area contributed by atoms with E-state index in [0.29, 0.717) is 16.3 Å². The molecule has 0 aliphatic carbocycles. The molecular formula is C27H21ClN2O5S. The fourth-order valence-corrected chi connectivity index (χ4v) is 4.83. The highest BCUT2D eigenvalue weighted by molar-refractivity contribution is 7.17. The number of aliphatic hydroxyl groups is 1. The van der Waals surface area contributed by atoms with Crippen LogP contribution < -0.4 is 4.90 Å². The molecule has 0 bridgehead atoms. The van der Waals surface area contributed by atoms with Crippen molar-refractivity contribution in [1.29, 1.82) is 0 Å². The predicted octanol–water partition coefficient (Wildman–Crippen LogP) is 5.63. The number of anilines is 1. The Balaban J connectivity index is 1.76. The van der Waals surface area contributed by atoms with E-state index in [1.165, 1.54) is 17.1 Å². The van der Waals surface area contributed by atoms with E-state index in [9.17, 15) is 19.5 Å². The number of ether oxygens (including phenoxy) is 1. The van der Waals surface area contributed by atoms with E-state index in [0.717, 1.165) is 16.9 Å². The number of aromatic nitrogens is 1. The summed E-state index contributed by atoms with van der Waals surface area (Å²) in [6.07, 6.45) is 4.36. The Kier molecular flexibility index (Phi) is 7.47.